The smallest absolute Gasteiger partial charge is 0.268 e. The minimum absolute atomic E-state index is 0.0601. The second kappa shape index (κ2) is 5.05. The number of fused-ring (bicyclic) bond motifs is 2. The molecule has 0 N–H and O–H groups in total. The van der Waals surface area contributed by atoms with Gasteiger partial charge in [0.2, 0.25) is 0 Å². The van der Waals surface area contributed by atoms with E-state index in [0.717, 1.165) is 28.8 Å². The largest absolute Gasteiger partial charge is 0.302 e. The quantitative estimate of drug-likeness (QED) is 0.396. The molecule has 0 saturated heterocycles. The molecule has 3 rings (SSSR count). The average Bonchev–Trinajstić information content (AvgIpc) is 2.53. The highest BCUT2D eigenvalue weighted by atomic mass is 16.6. The molecule has 0 atom stereocenters. The van der Waals surface area contributed by atoms with Gasteiger partial charge in [0.05, 0.1) is 32.4 Å². The number of benzene rings is 1. The Morgan fingerprint density at radius 3 is 2.17 bits per heavy atom. The van der Waals surface area contributed by atoms with Gasteiger partial charge in [-0.15, -0.1) is 0 Å². The molecule has 2 heterocycles. The van der Waals surface area contributed by atoms with Gasteiger partial charge in [0, 0.05) is 12.1 Å². The van der Waals surface area contributed by atoms with E-state index < -0.39 is 37.4 Å². The number of nitrogens with zero attached hydrogens (tertiary/aromatic N) is 5. The zero-order chi connectivity index (χ0) is 17.6. The third-order valence-corrected chi connectivity index (χ3v) is 3.28. The topological polar surface area (TPSA) is 164 Å². The highest BCUT2D eigenvalue weighted by Crippen LogP contribution is 2.28. The summed E-state index contributed by atoms with van der Waals surface area (Å²) in [6.07, 6.45) is 0.898. The van der Waals surface area contributed by atoms with Gasteiger partial charge in [-0.2, -0.15) is 0 Å². The van der Waals surface area contributed by atoms with Crippen molar-refractivity contribution in [1.82, 2.24) is 9.38 Å². The van der Waals surface area contributed by atoms with E-state index in [2.05, 4.69) is 4.98 Å². The van der Waals surface area contributed by atoms with Crippen LogP contribution in [0.2, 0.25) is 0 Å². The summed E-state index contributed by atoms with van der Waals surface area (Å²) in [6.45, 7) is 0. The Morgan fingerprint density at radius 1 is 0.917 bits per heavy atom. The number of pyridine rings is 1. The van der Waals surface area contributed by atoms with Gasteiger partial charge < -0.3 is 0 Å². The second-order valence-corrected chi connectivity index (χ2v) is 4.66. The lowest BCUT2D eigenvalue weighted by Crippen LogP contribution is -2.16. The van der Waals surface area contributed by atoms with Crippen molar-refractivity contribution in [2.45, 2.75) is 0 Å². The molecule has 0 radical (unpaired) electrons. The SMILES string of the molecule is O=c1c2cc([N+](=O)[O-])cc([N+](=O)[O-])c2nc2ccc([N+](=O)[O-])cn12. The van der Waals surface area contributed by atoms with E-state index in [1.165, 1.54) is 0 Å². The maximum absolute atomic E-state index is 12.5. The van der Waals surface area contributed by atoms with Crippen molar-refractivity contribution in [2.75, 3.05) is 0 Å². The molecule has 24 heavy (non-hydrogen) atoms. The van der Waals surface area contributed by atoms with E-state index >= 15 is 0 Å². The van der Waals surface area contributed by atoms with Gasteiger partial charge in [0.25, 0.3) is 16.9 Å². The molecule has 2 aromatic heterocycles. The maximum atomic E-state index is 12.5. The Kier molecular flexibility index (Phi) is 3.14. The van der Waals surface area contributed by atoms with Crippen LogP contribution >= 0.6 is 0 Å². The Hall–Kier alpha value is -3.96. The molecule has 3 aromatic rings. The molecule has 0 saturated carbocycles. The van der Waals surface area contributed by atoms with Gasteiger partial charge >= 0.3 is 5.69 Å². The van der Waals surface area contributed by atoms with E-state index in [1.54, 1.807) is 0 Å². The first-order valence-corrected chi connectivity index (χ1v) is 6.23. The molecule has 120 valence electrons. The molecule has 1 aromatic carbocycles. The van der Waals surface area contributed by atoms with Crippen LogP contribution in [0.25, 0.3) is 16.6 Å². The van der Waals surface area contributed by atoms with Crippen molar-refractivity contribution in [3.05, 3.63) is 71.2 Å². The van der Waals surface area contributed by atoms with Gasteiger partial charge in [0.1, 0.15) is 5.65 Å². The summed E-state index contributed by atoms with van der Waals surface area (Å²) in [5.74, 6) is 0. The average molecular weight is 331 g/mol. The number of rotatable bonds is 3. The van der Waals surface area contributed by atoms with Crippen LogP contribution in [0.3, 0.4) is 0 Å². The molecule has 0 amide bonds. The zero-order valence-corrected chi connectivity index (χ0v) is 11.5. The minimum atomic E-state index is -0.885. The minimum Gasteiger partial charge on any atom is -0.268 e. The summed E-state index contributed by atoms with van der Waals surface area (Å²) < 4.78 is 0.813. The zero-order valence-electron chi connectivity index (χ0n) is 11.5. The molecular weight excluding hydrogens is 326 g/mol. The van der Waals surface area contributed by atoms with E-state index in [0.29, 0.717) is 6.07 Å². The van der Waals surface area contributed by atoms with E-state index in [-0.39, 0.29) is 16.6 Å². The van der Waals surface area contributed by atoms with Crippen LogP contribution < -0.4 is 5.56 Å². The summed E-state index contributed by atoms with van der Waals surface area (Å²) >= 11 is 0. The Balaban J connectivity index is 2.52. The summed E-state index contributed by atoms with van der Waals surface area (Å²) in [5, 5.41) is 32.4. The monoisotopic (exact) mass is 331 g/mol. The van der Waals surface area contributed by atoms with Crippen LogP contribution in [0.15, 0.2) is 35.3 Å². The van der Waals surface area contributed by atoms with Crippen LogP contribution in [0.5, 0.6) is 0 Å². The van der Waals surface area contributed by atoms with E-state index in [4.69, 9.17) is 0 Å². The third-order valence-electron chi connectivity index (χ3n) is 3.28. The number of hydrogen-bond acceptors (Lipinski definition) is 8. The lowest BCUT2D eigenvalue weighted by Gasteiger charge is -2.04. The van der Waals surface area contributed by atoms with Crippen LogP contribution in [-0.2, 0) is 0 Å². The molecule has 0 fully saturated rings. The second-order valence-electron chi connectivity index (χ2n) is 4.66. The first-order valence-electron chi connectivity index (χ1n) is 6.23. The van der Waals surface area contributed by atoms with Gasteiger partial charge in [-0.1, -0.05) is 0 Å². The van der Waals surface area contributed by atoms with Gasteiger partial charge in [0.15, 0.2) is 5.52 Å². The van der Waals surface area contributed by atoms with Gasteiger partial charge in [-0.05, 0) is 6.07 Å². The molecule has 12 heteroatoms. The van der Waals surface area contributed by atoms with Crippen LogP contribution in [0, 0.1) is 30.3 Å². The highest BCUT2D eigenvalue weighted by Gasteiger charge is 2.23. The number of nitro benzene ring substituents is 2. The highest BCUT2D eigenvalue weighted by molar-refractivity contribution is 5.90. The van der Waals surface area contributed by atoms with Crippen molar-refractivity contribution in [2.24, 2.45) is 0 Å². The number of nitro groups is 3. The van der Waals surface area contributed by atoms with Crippen LogP contribution in [-0.4, -0.2) is 24.2 Å². The summed E-state index contributed by atoms with van der Waals surface area (Å²) in [4.78, 5) is 46.7. The van der Waals surface area contributed by atoms with Crippen molar-refractivity contribution in [1.29, 1.82) is 0 Å². The molecular formula is C12H5N5O7. The van der Waals surface area contributed by atoms with Gasteiger partial charge in [-0.3, -0.25) is 39.5 Å². The van der Waals surface area contributed by atoms with Crippen molar-refractivity contribution >= 4 is 33.6 Å². The number of aromatic nitrogens is 2. The number of non-ortho nitro benzene ring substituents is 2. The lowest BCUT2D eigenvalue weighted by molar-refractivity contribution is -0.393. The number of hydrogen-bond donors (Lipinski definition) is 0. The molecule has 0 aliphatic heterocycles. The summed E-state index contributed by atoms with van der Waals surface area (Å²) in [6, 6.07) is 3.80. The van der Waals surface area contributed by atoms with Crippen LogP contribution in [0.4, 0.5) is 17.1 Å². The molecule has 0 aliphatic rings. The normalized spacial score (nSPS) is 10.8. The standard InChI is InChI=1S/C12H5N5O7/c18-12-8-3-7(16(21)22)4-9(17(23)24)11(8)13-10-2-1-6(15(19)20)5-14(10)12/h1-5H. The van der Waals surface area contributed by atoms with Crippen molar-refractivity contribution in [3.8, 4) is 0 Å². The summed E-state index contributed by atoms with van der Waals surface area (Å²) in [7, 11) is 0. The molecule has 0 unspecified atom stereocenters. The van der Waals surface area contributed by atoms with Crippen LogP contribution in [0.1, 0.15) is 0 Å². The Labute approximate surface area is 130 Å². The fourth-order valence-corrected chi connectivity index (χ4v) is 2.22. The fraction of sp³-hybridized carbons (Fsp3) is 0. The maximum Gasteiger partial charge on any atom is 0.302 e. The Morgan fingerprint density at radius 2 is 1.58 bits per heavy atom. The van der Waals surface area contributed by atoms with Gasteiger partial charge in [-0.25, -0.2) is 4.98 Å². The first-order chi connectivity index (χ1) is 11.3. The molecule has 0 aliphatic carbocycles. The Bertz CT molecular complexity index is 1120. The van der Waals surface area contributed by atoms with Crippen molar-refractivity contribution < 1.29 is 14.8 Å². The van der Waals surface area contributed by atoms with E-state index in [1.807, 2.05) is 0 Å². The van der Waals surface area contributed by atoms with E-state index in [9.17, 15) is 35.1 Å². The molecule has 0 bridgehead atoms. The predicted molar refractivity (Wildman–Crippen MR) is 78.9 cm³/mol. The summed E-state index contributed by atoms with van der Waals surface area (Å²) in [5.41, 5.74) is -3.02. The third kappa shape index (κ3) is 2.18. The first kappa shape index (κ1) is 15.0. The van der Waals surface area contributed by atoms with Crippen molar-refractivity contribution in [3.63, 3.8) is 0 Å². The lowest BCUT2D eigenvalue weighted by atomic mass is 10.2. The predicted octanol–water partition coefficient (Wildman–Crippen LogP) is 1.57. The molecule has 12 nitrogen and oxygen atoms in total. The fourth-order valence-electron chi connectivity index (χ4n) is 2.22. The molecule has 0 spiro atoms.